The Hall–Kier alpha value is -1.18. The minimum atomic E-state index is -1.29. The molecular formula is C12H26N2O5. The van der Waals surface area contributed by atoms with Gasteiger partial charge < -0.3 is 26.8 Å². The zero-order valence-electron chi connectivity index (χ0n) is 11.8. The van der Waals surface area contributed by atoms with Gasteiger partial charge in [0.05, 0.1) is 12.0 Å². The molecule has 0 heterocycles. The van der Waals surface area contributed by atoms with E-state index < -0.39 is 30.0 Å². The van der Waals surface area contributed by atoms with Crippen LogP contribution in [0.25, 0.3) is 0 Å². The fraction of sp³-hybridized carbons (Fsp3) is 0.833. The van der Waals surface area contributed by atoms with Crippen LogP contribution in [0.2, 0.25) is 0 Å². The number of carboxylic acid groups (broad SMARTS) is 2. The van der Waals surface area contributed by atoms with Gasteiger partial charge in [-0.2, -0.15) is 0 Å². The number of aliphatic hydroxyl groups is 1. The van der Waals surface area contributed by atoms with Crippen LogP contribution in [-0.2, 0) is 9.59 Å². The molecule has 0 fully saturated rings. The van der Waals surface area contributed by atoms with E-state index in [4.69, 9.17) is 21.7 Å². The summed E-state index contributed by atoms with van der Waals surface area (Å²) in [7, 11) is 0. The topological polar surface area (TPSA) is 147 Å². The molecule has 0 spiro atoms. The van der Waals surface area contributed by atoms with Crippen LogP contribution in [0.4, 0.5) is 0 Å². The van der Waals surface area contributed by atoms with Crippen molar-refractivity contribution in [1.82, 2.24) is 0 Å². The maximum Gasteiger partial charge on any atom is 0.321 e. The van der Waals surface area contributed by atoms with Gasteiger partial charge in [-0.25, -0.2) is 0 Å². The lowest BCUT2D eigenvalue weighted by Crippen LogP contribution is -2.32. The number of carbonyl (C=O) groups is 2. The Labute approximate surface area is 113 Å². The van der Waals surface area contributed by atoms with Gasteiger partial charge in [0.2, 0.25) is 0 Å². The average Bonchev–Trinajstić information content (AvgIpc) is 2.14. The molecular weight excluding hydrogens is 252 g/mol. The largest absolute Gasteiger partial charge is 0.481 e. The molecule has 0 aromatic rings. The molecule has 7 N–H and O–H groups in total. The highest BCUT2D eigenvalue weighted by atomic mass is 16.4. The Balaban J connectivity index is 0. The Bertz CT molecular complexity index is 274. The number of hydrogen-bond donors (Lipinski definition) is 5. The van der Waals surface area contributed by atoms with Crippen LogP contribution in [0.5, 0.6) is 0 Å². The summed E-state index contributed by atoms with van der Waals surface area (Å²) in [5, 5.41) is 25.3. The maximum absolute atomic E-state index is 9.85. The van der Waals surface area contributed by atoms with Crippen LogP contribution in [0.3, 0.4) is 0 Å². The lowest BCUT2D eigenvalue weighted by atomic mass is 10.0. The van der Waals surface area contributed by atoms with Crippen molar-refractivity contribution in [3.8, 4) is 0 Å². The first-order valence-electron chi connectivity index (χ1n) is 6.14. The molecule has 0 saturated carbocycles. The number of carboxylic acids is 2. The first-order chi connectivity index (χ1) is 8.45. The summed E-state index contributed by atoms with van der Waals surface area (Å²) in [6.07, 6.45) is 2.33. The standard InChI is InChI=1S/C8H19NO.C4H7NO4/c1-7(9)5-4-6-8(2,3)10;5-2(4(8)9)1-3(6)7/h7,10H,4-6,9H2,1-3H3;2H,1,5H2,(H,6,7)(H,8,9)/t;2-/m.0/s1. The van der Waals surface area contributed by atoms with Gasteiger partial charge in [0.25, 0.3) is 0 Å². The second-order valence-electron chi connectivity index (χ2n) is 5.22. The molecule has 1 unspecified atom stereocenters. The summed E-state index contributed by atoms with van der Waals surface area (Å²) in [4.78, 5) is 19.6. The number of aliphatic carboxylic acids is 2. The molecule has 0 amide bonds. The highest BCUT2D eigenvalue weighted by Gasteiger charge is 2.14. The van der Waals surface area contributed by atoms with E-state index in [2.05, 4.69) is 0 Å². The van der Waals surface area contributed by atoms with Crippen LogP contribution in [0.1, 0.15) is 46.5 Å². The monoisotopic (exact) mass is 278 g/mol. The van der Waals surface area contributed by atoms with Gasteiger partial charge in [0.1, 0.15) is 6.04 Å². The summed E-state index contributed by atoms with van der Waals surface area (Å²) in [6.45, 7) is 5.65. The van der Waals surface area contributed by atoms with Crippen molar-refractivity contribution in [2.24, 2.45) is 11.5 Å². The molecule has 7 nitrogen and oxygen atoms in total. The molecule has 19 heavy (non-hydrogen) atoms. The first-order valence-corrected chi connectivity index (χ1v) is 6.14. The van der Waals surface area contributed by atoms with Gasteiger partial charge >= 0.3 is 11.9 Å². The SMILES string of the molecule is CC(N)CCCC(C)(C)O.N[C@@H](CC(=O)O)C(=O)O. The fourth-order valence-corrected chi connectivity index (χ4v) is 1.13. The molecule has 0 aliphatic rings. The molecule has 114 valence electrons. The van der Waals surface area contributed by atoms with Gasteiger partial charge in [0.15, 0.2) is 0 Å². The van der Waals surface area contributed by atoms with Gasteiger partial charge in [-0.05, 0) is 40.0 Å². The van der Waals surface area contributed by atoms with E-state index in [1.165, 1.54) is 0 Å². The van der Waals surface area contributed by atoms with Crippen molar-refractivity contribution in [2.75, 3.05) is 0 Å². The molecule has 7 heteroatoms. The lowest BCUT2D eigenvalue weighted by molar-refractivity contribution is -0.144. The molecule has 0 saturated heterocycles. The first kappa shape index (κ1) is 20.1. The van der Waals surface area contributed by atoms with Crippen molar-refractivity contribution in [3.63, 3.8) is 0 Å². The van der Waals surface area contributed by atoms with Crippen LogP contribution in [0.15, 0.2) is 0 Å². The third-order valence-corrected chi connectivity index (χ3v) is 2.16. The highest BCUT2D eigenvalue weighted by Crippen LogP contribution is 2.12. The van der Waals surface area contributed by atoms with Gasteiger partial charge in [-0.1, -0.05) is 0 Å². The number of nitrogens with two attached hydrogens (primary N) is 2. The Morgan fingerprint density at radius 1 is 1.21 bits per heavy atom. The molecule has 0 aliphatic carbocycles. The van der Waals surface area contributed by atoms with E-state index in [-0.39, 0.29) is 6.04 Å². The van der Waals surface area contributed by atoms with Crippen molar-refractivity contribution < 1.29 is 24.9 Å². The molecule has 0 radical (unpaired) electrons. The maximum atomic E-state index is 9.85. The summed E-state index contributed by atoms with van der Waals surface area (Å²) < 4.78 is 0. The van der Waals surface area contributed by atoms with Crippen LogP contribution >= 0.6 is 0 Å². The van der Waals surface area contributed by atoms with E-state index in [9.17, 15) is 14.7 Å². The molecule has 0 rings (SSSR count). The Kier molecular flexibility index (Phi) is 10.3. The van der Waals surface area contributed by atoms with Crippen molar-refractivity contribution in [3.05, 3.63) is 0 Å². The second kappa shape index (κ2) is 9.71. The fourth-order valence-electron chi connectivity index (χ4n) is 1.13. The minimum absolute atomic E-state index is 0.266. The smallest absolute Gasteiger partial charge is 0.321 e. The normalized spacial score (nSPS) is 14.0. The summed E-state index contributed by atoms with van der Waals surface area (Å²) in [6, 6.07) is -1.02. The van der Waals surface area contributed by atoms with E-state index in [1.807, 2.05) is 20.8 Å². The van der Waals surface area contributed by atoms with E-state index >= 15 is 0 Å². The minimum Gasteiger partial charge on any atom is -0.481 e. The summed E-state index contributed by atoms with van der Waals surface area (Å²) in [5.74, 6) is -2.50. The van der Waals surface area contributed by atoms with Crippen LogP contribution in [-0.4, -0.2) is 44.9 Å². The van der Waals surface area contributed by atoms with Gasteiger partial charge in [-0.15, -0.1) is 0 Å². The van der Waals surface area contributed by atoms with E-state index in [0.29, 0.717) is 0 Å². The highest BCUT2D eigenvalue weighted by molar-refractivity contribution is 5.80. The predicted octanol–water partition coefficient (Wildman–Crippen LogP) is 0.148. The van der Waals surface area contributed by atoms with Gasteiger partial charge in [-0.3, -0.25) is 9.59 Å². The lowest BCUT2D eigenvalue weighted by Gasteiger charge is -2.16. The van der Waals surface area contributed by atoms with E-state index in [1.54, 1.807) is 0 Å². The zero-order valence-corrected chi connectivity index (χ0v) is 11.8. The molecule has 0 aromatic heterocycles. The van der Waals surface area contributed by atoms with E-state index in [0.717, 1.165) is 19.3 Å². The van der Waals surface area contributed by atoms with Crippen LogP contribution in [0, 0.1) is 0 Å². The molecule has 0 aromatic carbocycles. The number of hydrogen-bond acceptors (Lipinski definition) is 5. The third kappa shape index (κ3) is 19.3. The molecule has 0 bridgehead atoms. The third-order valence-electron chi connectivity index (χ3n) is 2.16. The Morgan fingerprint density at radius 3 is 1.89 bits per heavy atom. The average molecular weight is 278 g/mol. The molecule has 0 aliphatic heterocycles. The zero-order chi connectivity index (χ0) is 15.6. The summed E-state index contributed by atoms with van der Waals surface area (Å²) >= 11 is 0. The van der Waals surface area contributed by atoms with Crippen molar-refractivity contribution in [1.29, 1.82) is 0 Å². The quantitative estimate of drug-likeness (QED) is 0.445. The van der Waals surface area contributed by atoms with Crippen LogP contribution < -0.4 is 11.5 Å². The van der Waals surface area contributed by atoms with Gasteiger partial charge in [0, 0.05) is 6.04 Å². The second-order valence-corrected chi connectivity index (χ2v) is 5.22. The number of rotatable bonds is 7. The summed E-state index contributed by atoms with van der Waals surface area (Å²) in [5.41, 5.74) is 9.86. The van der Waals surface area contributed by atoms with Crippen molar-refractivity contribution >= 4 is 11.9 Å². The predicted molar refractivity (Wildman–Crippen MR) is 71.7 cm³/mol. The Morgan fingerprint density at radius 2 is 1.68 bits per heavy atom. The van der Waals surface area contributed by atoms with Crippen molar-refractivity contribution in [2.45, 2.75) is 64.1 Å². The molecule has 2 atom stereocenters.